The van der Waals surface area contributed by atoms with Gasteiger partial charge in [0.1, 0.15) is 11.9 Å². The Bertz CT molecular complexity index is 430. The maximum absolute atomic E-state index is 9.00. The van der Waals surface area contributed by atoms with Crippen LogP contribution >= 0.6 is 0 Å². The summed E-state index contributed by atoms with van der Waals surface area (Å²) < 4.78 is 0. The van der Waals surface area contributed by atoms with E-state index in [0.29, 0.717) is 5.56 Å². The minimum atomic E-state index is 0.627. The van der Waals surface area contributed by atoms with Crippen LogP contribution in [0.1, 0.15) is 30.5 Å². The van der Waals surface area contributed by atoms with Crippen LogP contribution in [-0.4, -0.2) is 36.1 Å². The zero-order valence-corrected chi connectivity index (χ0v) is 10.9. The molecule has 1 aliphatic rings. The van der Waals surface area contributed by atoms with E-state index in [1.54, 1.807) is 0 Å². The van der Waals surface area contributed by atoms with Gasteiger partial charge in [-0.15, -0.1) is 0 Å². The Labute approximate surface area is 109 Å². The summed E-state index contributed by atoms with van der Waals surface area (Å²) in [5.74, 6) is 0.721. The normalized spacial score (nSPS) is 15.6. The van der Waals surface area contributed by atoms with Crippen molar-refractivity contribution in [2.45, 2.75) is 26.2 Å². The van der Waals surface area contributed by atoms with Gasteiger partial charge >= 0.3 is 0 Å². The fraction of sp³-hybridized carbons (Fsp3) is 0.571. The highest BCUT2D eigenvalue weighted by Crippen LogP contribution is 2.12. The van der Waals surface area contributed by atoms with E-state index in [-0.39, 0.29) is 0 Å². The van der Waals surface area contributed by atoms with Crippen molar-refractivity contribution in [3.05, 3.63) is 23.4 Å². The van der Waals surface area contributed by atoms with Gasteiger partial charge in [-0.25, -0.2) is 4.98 Å². The van der Waals surface area contributed by atoms with Crippen molar-refractivity contribution < 1.29 is 0 Å². The Morgan fingerprint density at radius 3 is 2.89 bits per heavy atom. The van der Waals surface area contributed by atoms with Gasteiger partial charge in [0.25, 0.3) is 0 Å². The highest BCUT2D eigenvalue weighted by molar-refractivity contribution is 5.52. The molecule has 1 aromatic heterocycles. The minimum absolute atomic E-state index is 0.627. The van der Waals surface area contributed by atoms with Crippen LogP contribution in [0.5, 0.6) is 0 Å². The molecule has 1 N–H and O–H groups in total. The van der Waals surface area contributed by atoms with Crippen molar-refractivity contribution in [1.82, 2.24) is 9.88 Å². The quantitative estimate of drug-likeness (QED) is 0.806. The summed E-state index contributed by atoms with van der Waals surface area (Å²) in [5.41, 5.74) is 1.57. The molecule has 0 bridgehead atoms. The molecule has 0 spiro atoms. The molecule has 2 heterocycles. The van der Waals surface area contributed by atoms with Crippen LogP contribution in [0.2, 0.25) is 0 Å². The number of likely N-dealkylation sites (tertiary alicyclic amines) is 1. The lowest BCUT2D eigenvalue weighted by Crippen LogP contribution is -2.22. The molecule has 0 aromatic carbocycles. The molecule has 0 unspecified atom stereocenters. The molecular weight excluding hydrogens is 224 g/mol. The predicted octanol–water partition coefficient (Wildman–Crippen LogP) is 2.16. The molecule has 1 aromatic rings. The van der Waals surface area contributed by atoms with Crippen LogP contribution in [0.25, 0.3) is 0 Å². The van der Waals surface area contributed by atoms with Crippen molar-refractivity contribution in [1.29, 1.82) is 5.26 Å². The van der Waals surface area contributed by atoms with E-state index in [1.165, 1.54) is 25.9 Å². The fourth-order valence-electron chi connectivity index (χ4n) is 2.30. The van der Waals surface area contributed by atoms with Gasteiger partial charge in [-0.3, -0.25) is 0 Å². The van der Waals surface area contributed by atoms with E-state index < -0.39 is 0 Å². The topological polar surface area (TPSA) is 52.0 Å². The zero-order valence-electron chi connectivity index (χ0n) is 10.9. The van der Waals surface area contributed by atoms with E-state index in [1.807, 2.05) is 19.1 Å². The lowest BCUT2D eigenvalue weighted by Gasteiger charge is -2.14. The van der Waals surface area contributed by atoms with Gasteiger partial charge in [0.2, 0.25) is 0 Å². The second-order valence-corrected chi connectivity index (χ2v) is 4.79. The number of hydrogen-bond donors (Lipinski definition) is 1. The first kappa shape index (κ1) is 12.8. The van der Waals surface area contributed by atoms with Gasteiger partial charge in [0, 0.05) is 12.2 Å². The summed E-state index contributed by atoms with van der Waals surface area (Å²) in [4.78, 5) is 6.86. The average molecular weight is 244 g/mol. The summed E-state index contributed by atoms with van der Waals surface area (Å²) in [6, 6.07) is 5.86. The van der Waals surface area contributed by atoms with E-state index in [9.17, 15) is 0 Å². The smallest absolute Gasteiger partial charge is 0.144 e. The van der Waals surface area contributed by atoms with E-state index in [4.69, 9.17) is 5.26 Å². The molecule has 2 rings (SSSR count). The third kappa shape index (κ3) is 3.44. The van der Waals surface area contributed by atoms with Gasteiger partial charge in [-0.1, -0.05) is 0 Å². The molecule has 4 heteroatoms. The van der Waals surface area contributed by atoms with Crippen LogP contribution in [0.3, 0.4) is 0 Å². The van der Waals surface area contributed by atoms with Crippen LogP contribution in [0, 0.1) is 18.3 Å². The lowest BCUT2D eigenvalue weighted by molar-refractivity contribution is 0.337. The monoisotopic (exact) mass is 244 g/mol. The maximum atomic E-state index is 9.00. The Kier molecular flexibility index (Phi) is 4.54. The number of hydrogen-bond acceptors (Lipinski definition) is 4. The van der Waals surface area contributed by atoms with Gasteiger partial charge in [-0.05, 0) is 58.0 Å². The first-order chi connectivity index (χ1) is 8.79. The van der Waals surface area contributed by atoms with E-state index in [0.717, 1.165) is 31.0 Å². The van der Waals surface area contributed by atoms with Gasteiger partial charge in [-0.2, -0.15) is 5.26 Å². The summed E-state index contributed by atoms with van der Waals surface area (Å²) in [6.45, 7) is 6.44. The number of nitriles is 1. The minimum Gasteiger partial charge on any atom is -0.369 e. The molecule has 0 atom stereocenters. The SMILES string of the molecule is Cc1ccc(C#N)c(NCCCN2CCCC2)n1. The van der Waals surface area contributed by atoms with Gasteiger partial charge in [0.05, 0.1) is 5.56 Å². The number of rotatable bonds is 5. The van der Waals surface area contributed by atoms with Crippen molar-refractivity contribution >= 4 is 5.82 Å². The average Bonchev–Trinajstić information content (AvgIpc) is 2.88. The van der Waals surface area contributed by atoms with E-state index in [2.05, 4.69) is 21.3 Å². The third-order valence-electron chi connectivity index (χ3n) is 3.30. The molecule has 18 heavy (non-hydrogen) atoms. The maximum Gasteiger partial charge on any atom is 0.144 e. The van der Waals surface area contributed by atoms with Gasteiger partial charge < -0.3 is 10.2 Å². The number of aromatic nitrogens is 1. The van der Waals surface area contributed by atoms with Crippen molar-refractivity contribution in [3.63, 3.8) is 0 Å². The number of anilines is 1. The Morgan fingerprint density at radius 2 is 2.17 bits per heavy atom. The molecule has 0 radical (unpaired) electrons. The highest BCUT2D eigenvalue weighted by Gasteiger charge is 2.10. The fourth-order valence-corrected chi connectivity index (χ4v) is 2.30. The molecular formula is C14H20N4. The number of nitrogens with one attached hydrogen (secondary N) is 1. The molecule has 1 aliphatic heterocycles. The van der Waals surface area contributed by atoms with E-state index >= 15 is 0 Å². The molecule has 0 saturated carbocycles. The largest absolute Gasteiger partial charge is 0.369 e. The summed E-state index contributed by atoms with van der Waals surface area (Å²) in [6.07, 6.45) is 3.78. The third-order valence-corrected chi connectivity index (χ3v) is 3.30. The zero-order chi connectivity index (χ0) is 12.8. The molecule has 1 fully saturated rings. The summed E-state index contributed by atoms with van der Waals surface area (Å²) >= 11 is 0. The molecule has 1 saturated heterocycles. The Balaban J connectivity index is 1.79. The molecule has 4 nitrogen and oxygen atoms in total. The van der Waals surface area contributed by atoms with Crippen LogP contribution < -0.4 is 5.32 Å². The number of nitrogens with zero attached hydrogens (tertiary/aromatic N) is 3. The second kappa shape index (κ2) is 6.36. The Hall–Kier alpha value is -1.60. The van der Waals surface area contributed by atoms with Crippen LogP contribution in [0.4, 0.5) is 5.82 Å². The molecule has 96 valence electrons. The Morgan fingerprint density at radius 1 is 1.39 bits per heavy atom. The molecule has 0 aliphatic carbocycles. The van der Waals surface area contributed by atoms with Crippen molar-refractivity contribution in [2.75, 3.05) is 31.5 Å². The van der Waals surface area contributed by atoms with Gasteiger partial charge in [0.15, 0.2) is 0 Å². The van der Waals surface area contributed by atoms with Crippen molar-refractivity contribution in [2.24, 2.45) is 0 Å². The number of pyridine rings is 1. The number of aryl methyl sites for hydroxylation is 1. The van der Waals surface area contributed by atoms with Crippen LogP contribution in [0.15, 0.2) is 12.1 Å². The van der Waals surface area contributed by atoms with Crippen molar-refractivity contribution in [3.8, 4) is 6.07 Å². The first-order valence-corrected chi connectivity index (χ1v) is 6.63. The first-order valence-electron chi connectivity index (χ1n) is 6.63. The summed E-state index contributed by atoms with van der Waals surface area (Å²) in [7, 11) is 0. The summed E-state index contributed by atoms with van der Waals surface area (Å²) in [5, 5.41) is 12.3. The standard InChI is InChI=1S/C14H20N4/c1-12-5-6-13(11-15)14(17-12)16-7-4-10-18-8-2-3-9-18/h5-6H,2-4,7-10H2,1H3,(H,16,17). The second-order valence-electron chi connectivity index (χ2n) is 4.79. The van der Waals surface area contributed by atoms with Crippen LogP contribution in [-0.2, 0) is 0 Å². The highest BCUT2D eigenvalue weighted by atomic mass is 15.1. The molecule has 0 amide bonds. The predicted molar refractivity (Wildman–Crippen MR) is 72.5 cm³/mol. The lowest BCUT2D eigenvalue weighted by atomic mass is 10.2.